The zero-order valence-electron chi connectivity index (χ0n) is 13.9. The number of imide groups is 1. The summed E-state index contributed by atoms with van der Waals surface area (Å²) in [5.41, 5.74) is -0.0697. The number of aryl methyl sites for hydroxylation is 1. The molecule has 1 N–H and O–H groups in total. The van der Waals surface area contributed by atoms with Crippen LogP contribution in [0.3, 0.4) is 0 Å². The second-order valence-electron chi connectivity index (χ2n) is 6.40. The van der Waals surface area contributed by atoms with Crippen molar-refractivity contribution in [1.29, 1.82) is 0 Å². The lowest BCUT2D eigenvalue weighted by Crippen LogP contribution is -2.42. The topological polar surface area (TPSA) is 69.7 Å². The molecular formula is C17H18F3N3O3. The number of rotatable bonds is 4. The highest BCUT2D eigenvalue weighted by atomic mass is 19.4. The molecule has 2 fully saturated rings. The first-order chi connectivity index (χ1) is 12.3. The van der Waals surface area contributed by atoms with E-state index in [0.717, 1.165) is 12.1 Å². The number of halogens is 3. The fourth-order valence-corrected chi connectivity index (χ4v) is 3.25. The third-order valence-corrected chi connectivity index (χ3v) is 4.67. The van der Waals surface area contributed by atoms with E-state index in [4.69, 9.17) is 0 Å². The number of carbonyl (C=O) groups excluding carboxylic acids is 3. The number of nitrogens with one attached hydrogen (secondary N) is 1. The monoisotopic (exact) mass is 369 g/mol. The van der Waals surface area contributed by atoms with Gasteiger partial charge in [-0.2, -0.15) is 13.2 Å². The van der Waals surface area contributed by atoms with Crippen LogP contribution in [0.25, 0.3) is 0 Å². The Hall–Kier alpha value is -2.58. The highest BCUT2D eigenvalue weighted by Crippen LogP contribution is 2.29. The molecule has 2 heterocycles. The zero-order chi connectivity index (χ0) is 18.9. The summed E-state index contributed by atoms with van der Waals surface area (Å²) in [7, 11) is 0. The molecule has 0 spiro atoms. The zero-order valence-corrected chi connectivity index (χ0v) is 13.9. The van der Waals surface area contributed by atoms with Gasteiger partial charge >= 0.3 is 12.2 Å². The molecular weight excluding hydrogens is 351 g/mol. The first kappa shape index (κ1) is 18.2. The summed E-state index contributed by atoms with van der Waals surface area (Å²) in [4.78, 5) is 38.5. The fraction of sp³-hybridized carbons (Fsp3) is 0.471. The minimum absolute atomic E-state index is 0.0167. The molecule has 0 aromatic heterocycles. The number of hydrogen-bond acceptors (Lipinski definition) is 3. The molecule has 2 saturated heterocycles. The lowest BCUT2D eigenvalue weighted by atomic mass is 10.1. The third kappa shape index (κ3) is 3.81. The number of urea groups is 1. The lowest BCUT2D eigenvalue weighted by Gasteiger charge is -2.21. The van der Waals surface area contributed by atoms with Gasteiger partial charge in [-0.1, -0.05) is 12.1 Å². The van der Waals surface area contributed by atoms with Crippen LogP contribution in [0.4, 0.5) is 18.0 Å². The molecule has 2 aliphatic rings. The standard InChI is InChI=1S/C17H18F3N3O3/c18-17(19,20)12-4-1-11(2-5-12)3-6-14(24)22-8-7-13(10-22)23-15(25)9-21-16(23)26/h1-2,4-5,13H,3,6-10H2,(H,21,26). The maximum absolute atomic E-state index is 12.5. The smallest absolute Gasteiger partial charge is 0.341 e. The van der Waals surface area contributed by atoms with Gasteiger partial charge < -0.3 is 10.2 Å². The van der Waals surface area contributed by atoms with E-state index in [9.17, 15) is 27.6 Å². The number of benzene rings is 1. The Morgan fingerprint density at radius 3 is 2.46 bits per heavy atom. The average molecular weight is 369 g/mol. The largest absolute Gasteiger partial charge is 0.416 e. The molecule has 2 aliphatic heterocycles. The van der Waals surface area contributed by atoms with Gasteiger partial charge in [-0.3, -0.25) is 14.5 Å². The fourth-order valence-electron chi connectivity index (χ4n) is 3.25. The third-order valence-electron chi connectivity index (χ3n) is 4.67. The Morgan fingerprint density at radius 2 is 1.88 bits per heavy atom. The van der Waals surface area contributed by atoms with Crippen molar-refractivity contribution in [2.24, 2.45) is 0 Å². The summed E-state index contributed by atoms with van der Waals surface area (Å²) in [6.07, 6.45) is -3.34. The Morgan fingerprint density at radius 1 is 1.19 bits per heavy atom. The minimum Gasteiger partial charge on any atom is -0.341 e. The van der Waals surface area contributed by atoms with Gasteiger partial charge in [0.05, 0.1) is 18.2 Å². The molecule has 1 atom stereocenters. The van der Waals surface area contributed by atoms with Gasteiger partial charge in [0.25, 0.3) is 0 Å². The Balaban J connectivity index is 1.51. The van der Waals surface area contributed by atoms with Crippen LogP contribution in [0.15, 0.2) is 24.3 Å². The second-order valence-corrected chi connectivity index (χ2v) is 6.40. The van der Waals surface area contributed by atoms with Gasteiger partial charge in [-0.05, 0) is 30.5 Å². The highest BCUT2D eigenvalue weighted by molar-refractivity contribution is 6.02. The predicted molar refractivity (Wildman–Crippen MR) is 85.0 cm³/mol. The molecule has 6 nitrogen and oxygen atoms in total. The van der Waals surface area contributed by atoms with Crippen LogP contribution in [-0.2, 0) is 22.2 Å². The molecule has 0 radical (unpaired) electrons. The number of hydrogen-bond donors (Lipinski definition) is 1. The molecule has 1 aromatic rings. The molecule has 9 heteroatoms. The van der Waals surface area contributed by atoms with Crippen LogP contribution >= 0.6 is 0 Å². The molecule has 140 valence electrons. The van der Waals surface area contributed by atoms with Crippen molar-refractivity contribution in [1.82, 2.24) is 15.1 Å². The Bertz CT molecular complexity index is 702. The number of carbonyl (C=O) groups is 3. The molecule has 0 aliphatic carbocycles. The van der Waals surface area contributed by atoms with Gasteiger partial charge in [0.1, 0.15) is 0 Å². The molecule has 1 aromatic carbocycles. The van der Waals surface area contributed by atoms with E-state index >= 15 is 0 Å². The van der Waals surface area contributed by atoms with E-state index in [2.05, 4.69) is 5.32 Å². The average Bonchev–Trinajstić information content (AvgIpc) is 3.19. The van der Waals surface area contributed by atoms with Gasteiger partial charge in [-0.15, -0.1) is 0 Å². The molecule has 0 saturated carbocycles. The van der Waals surface area contributed by atoms with Gasteiger partial charge in [0, 0.05) is 19.5 Å². The van der Waals surface area contributed by atoms with Crippen LogP contribution < -0.4 is 5.32 Å². The summed E-state index contributed by atoms with van der Waals surface area (Å²) in [5, 5.41) is 2.46. The van der Waals surface area contributed by atoms with E-state index in [1.807, 2.05) is 0 Å². The molecule has 3 rings (SSSR count). The summed E-state index contributed by atoms with van der Waals surface area (Å²) >= 11 is 0. The molecule has 4 amide bonds. The summed E-state index contributed by atoms with van der Waals surface area (Å²) in [6, 6.07) is 4.00. The SMILES string of the molecule is O=C(CCc1ccc(C(F)(F)F)cc1)N1CCC(N2C(=O)CNC2=O)C1. The van der Waals surface area contributed by atoms with Gasteiger partial charge in [-0.25, -0.2) is 4.79 Å². The summed E-state index contributed by atoms with van der Waals surface area (Å²) in [5.74, 6) is -0.432. The van der Waals surface area contributed by atoms with E-state index in [-0.39, 0.29) is 30.8 Å². The normalized spacial score (nSPS) is 20.7. The number of likely N-dealkylation sites (tertiary alicyclic amines) is 1. The van der Waals surface area contributed by atoms with E-state index in [0.29, 0.717) is 31.5 Å². The first-order valence-corrected chi connectivity index (χ1v) is 8.29. The van der Waals surface area contributed by atoms with E-state index in [1.165, 1.54) is 17.0 Å². The van der Waals surface area contributed by atoms with Crippen LogP contribution in [0.2, 0.25) is 0 Å². The Kier molecular flexibility index (Phi) is 4.88. The van der Waals surface area contributed by atoms with Gasteiger partial charge in [0.2, 0.25) is 11.8 Å². The van der Waals surface area contributed by atoms with Crippen LogP contribution in [0, 0.1) is 0 Å². The molecule has 1 unspecified atom stereocenters. The molecule has 0 bridgehead atoms. The Labute approximate surface area is 147 Å². The number of alkyl halides is 3. The van der Waals surface area contributed by atoms with Crippen molar-refractivity contribution >= 4 is 17.8 Å². The summed E-state index contributed by atoms with van der Waals surface area (Å²) in [6.45, 7) is 0.732. The van der Waals surface area contributed by atoms with E-state index < -0.39 is 17.8 Å². The quantitative estimate of drug-likeness (QED) is 0.823. The minimum atomic E-state index is -4.38. The number of nitrogens with zero attached hydrogens (tertiary/aromatic N) is 2. The van der Waals surface area contributed by atoms with Crippen LogP contribution in [0.1, 0.15) is 24.0 Å². The van der Waals surface area contributed by atoms with Crippen molar-refractivity contribution in [3.63, 3.8) is 0 Å². The van der Waals surface area contributed by atoms with Crippen LogP contribution in [-0.4, -0.2) is 53.3 Å². The van der Waals surface area contributed by atoms with Gasteiger partial charge in [0.15, 0.2) is 0 Å². The molecule has 26 heavy (non-hydrogen) atoms. The highest BCUT2D eigenvalue weighted by Gasteiger charge is 2.39. The van der Waals surface area contributed by atoms with Crippen molar-refractivity contribution in [3.05, 3.63) is 35.4 Å². The van der Waals surface area contributed by atoms with E-state index in [1.54, 1.807) is 4.90 Å². The van der Waals surface area contributed by atoms with Crippen molar-refractivity contribution in [3.8, 4) is 0 Å². The maximum Gasteiger partial charge on any atom is 0.416 e. The lowest BCUT2D eigenvalue weighted by molar-refractivity contribution is -0.137. The number of amides is 4. The van der Waals surface area contributed by atoms with Crippen LogP contribution in [0.5, 0.6) is 0 Å². The predicted octanol–water partition coefficient (Wildman–Crippen LogP) is 1.79. The van der Waals surface area contributed by atoms with Crippen molar-refractivity contribution in [2.45, 2.75) is 31.5 Å². The van der Waals surface area contributed by atoms with Crippen molar-refractivity contribution in [2.75, 3.05) is 19.6 Å². The summed E-state index contributed by atoms with van der Waals surface area (Å²) < 4.78 is 37.6. The van der Waals surface area contributed by atoms with Crippen molar-refractivity contribution < 1.29 is 27.6 Å². The second kappa shape index (κ2) is 6.97. The first-order valence-electron chi connectivity index (χ1n) is 8.29. The maximum atomic E-state index is 12.5.